The Labute approximate surface area is 197 Å². The zero-order chi connectivity index (χ0) is 24.8. The molecule has 7 nitrogen and oxygen atoms in total. The van der Waals surface area contributed by atoms with Crippen molar-refractivity contribution in [1.82, 2.24) is 10.2 Å². The third kappa shape index (κ3) is 7.32. The van der Waals surface area contributed by atoms with Gasteiger partial charge >= 0.3 is 0 Å². The number of benzene rings is 2. The minimum Gasteiger partial charge on any atom is -0.352 e. The Morgan fingerprint density at radius 2 is 1.70 bits per heavy atom. The Balaban J connectivity index is 2.40. The Hall–Kier alpha value is -2.87. The van der Waals surface area contributed by atoms with Crippen LogP contribution in [0.5, 0.6) is 0 Å². The second-order valence-corrected chi connectivity index (χ2v) is 10.5. The van der Waals surface area contributed by atoms with Crippen LogP contribution in [0.3, 0.4) is 0 Å². The van der Waals surface area contributed by atoms with Crippen LogP contribution < -0.4 is 9.62 Å². The van der Waals surface area contributed by atoms with E-state index in [0.29, 0.717) is 5.69 Å². The predicted octanol–water partition coefficient (Wildman–Crippen LogP) is 3.40. The van der Waals surface area contributed by atoms with Crippen molar-refractivity contribution in [2.45, 2.75) is 59.7 Å². The summed E-state index contributed by atoms with van der Waals surface area (Å²) >= 11 is 0. The molecule has 2 atom stereocenters. The molecule has 0 fully saturated rings. The maximum Gasteiger partial charge on any atom is 0.244 e. The van der Waals surface area contributed by atoms with E-state index in [9.17, 15) is 18.0 Å². The summed E-state index contributed by atoms with van der Waals surface area (Å²) in [5, 5.41) is 2.92. The van der Waals surface area contributed by atoms with Crippen LogP contribution in [0, 0.1) is 13.8 Å². The molecule has 2 aromatic carbocycles. The minimum atomic E-state index is -3.73. The molecule has 0 aromatic heterocycles. The quantitative estimate of drug-likeness (QED) is 0.573. The zero-order valence-corrected chi connectivity index (χ0v) is 21.1. The highest BCUT2D eigenvalue weighted by molar-refractivity contribution is 7.92. The summed E-state index contributed by atoms with van der Waals surface area (Å²) in [6.45, 7) is 9.10. The Morgan fingerprint density at radius 1 is 1.03 bits per heavy atom. The van der Waals surface area contributed by atoms with Gasteiger partial charge in [0.1, 0.15) is 12.6 Å². The highest BCUT2D eigenvalue weighted by atomic mass is 32.2. The van der Waals surface area contributed by atoms with E-state index in [0.717, 1.165) is 33.7 Å². The molecule has 8 heteroatoms. The number of hydrogen-bond donors (Lipinski definition) is 1. The van der Waals surface area contributed by atoms with Crippen molar-refractivity contribution in [3.05, 3.63) is 65.2 Å². The van der Waals surface area contributed by atoms with Gasteiger partial charge in [-0.15, -0.1) is 0 Å². The molecule has 2 amide bonds. The van der Waals surface area contributed by atoms with Gasteiger partial charge in [0.15, 0.2) is 0 Å². The molecular formula is C25H35N3O4S. The number of sulfonamides is 1. The fraction of sp³-hybridized carbons (Fsp3) is 0.440. The Morgan fingerprint density at radius 3 is 2.27 bits per heavy atom. The molecule has 2 aromatic rings. The van der Waals surface area contributed by atoms with Gasteiger partial charge in [0, 0.05) is 12.6 Å². The Bertz CT molecular complexity index is 1080. The second-order valence-electron chi connectivity index (χ2n) is 8.56. The third-order valence-electron chi connectivity index (χ3n) is 5.67. The summed E-state index contributed by atoms with van der Waals surface area (Å²) < 4.78 is 26.3. The van der Waals surface area contributed by atoms with Crippen molar-refractivity contribution in [1.29, 1.82) is 0 Å². The standard InChI is InChI=1S/C25H35N3O4S/c1-7-20(4)26-25(30)21(5)27(16-22-13-10-11-18(2)15-22)24(29)17-28(33(6,31)32)23-14-9-8-12-19(23)3/h8-15,20-21H,7,16-17H2,1-6H3,(H,26,30). The number of carbonyl (C=O) groups excluding carboxylic acids is 2. The Kier molecular flexibility index (Phi) is 9.05. The summed E-state index contributed by atoms with van der Waals surface area (Å²) in [4.78, 5) is 27.8. The van der Waals surface area contributed by atoms with Crippen molar-refractivity contribution in [3.8, 4) is 0 Å². The smallest absolute Gasteiger partial charge is 0.244 e. The topological polar surface area (TPSA) is 86.8 Å². The molecule has 0 aliphatic heterocycles. The van der Waals surface area contributed by atoms with E-state index < -0.39 is 28.5 Å². The van der Waals surface area contributed by atoms with E-state index in [4.69, 9.17) is 0 Å². The summed E-state index contributed by atoms with van der Waals surface area (Å²) in [5.41, 5.74) is 3.09. The third-order valence-corrected chi connectivity index (χ3v) is 6.79. The van der Waals surface area contributed by atoms with Crippen LogP contribution in [0.1, 0.15) is 43.9 Å². The fourth-order valence-corrected chi connectivity index (χ4v) is 4.40. The average Bonchev–Trinajstić information content (AvgIpc) is 2.75. The number of para-hydroxylation sites is 1. The molecule has 0 heterocycles. The molecule has 2 rings (SSSR count). The average molecular weight is 474 g/mol. The second kappa shape index (κ2) is 11.3. The molecular weight excluding hydrogens is 438 g/mol. The van der Waals surface area contributed by atoms with Gasteiger partial charge in [0.25, 0.3) is 0 Å². The van der Waals surface area contributed by atoms with Gasteiger partial charge in [0.05, 0.1) is 11.9 Å². The van der Waals surface area contributed by atoms with E-state index in [1.54, 1.807) is 32.0 Å². The van der Waals surface area contributed by atoms with Gasteiger partial charge in [-0.05, 0) is 51.3 Å². The maximum absolute atomic E-state index is 13.5. The lowest BCUT2D eigenvalue weighted by atomic mass is 10.1. The maximum atomic E-state index is 13.5. The van der Waals surface area contributed by atoms with Crippen molar-refractivity contribution in [3.63, 3.8) is 0 Å². The minimum absolute atomic E-state index is 0.0321. The molecule has 0 spiro atoms. The van der Waals surface area contributed by atoms with Gasteiger partial charge in [-0.1, -0.05) is 55.0 Å². The molecule has 0 aliphatic carbocycles. The van der Waals surface area contributed by atoms with Crippen molar-refractivity contribution in [2.24, 2.45) is 0 Å². The van der Waals surface area contributed by atoms with Crippen LogP contribution in [0.25, 0.3) is 0 Å². The van der Waals surface area contributed by atoms with Crippen molar-refractivity contribution in [2.75, 3.05) is 17.1 Å². The molecule has 1 N–H and O–H groups in total. The van der Waals surface area contributed by atoms with Gasteiger partial charge < -0.3 is 10.2 Å². The van der Waals surface area contributed by atoms with Crippen LogP contribution >= 0.6 is 0 Å². The molecule has 0 aliphatic rings. The van der Waals surface area contributed by atoms with E-state index >= 15 is 0 Å². The number of nitrogens with zero attached hydrogens (tertiary/aromatic N) is 2. The van der Waals surface area contributed by atoms with E-state index in [1.807, 2.05) is 51.1 Å². The number of nitrogens with one attached hydrogen (secondary N) is 1. The number of hydrogen-bond acceptors (Lipinski definition) is 4. The lowest BCUT2D eigenvalue weighted by Crippen LogP contribution is -2.52. The molecule has 2 unspecified atom stereocenters. The summed E-state index contributed by atoms with van der Waals surface area (Å²) in [6, 6.07) is 13.9. The van der Waals surface area contributed by atoms with Crippen LogP contribution in [-0.4, -0.2) is 50.0 Å². The molecule has 0 radical (unpaired) electrons. The van der Waals surface area contributed by atoms with Gasteiger partial charge in [0.2, 0.25) is 21.8 Å². The van der Waals surface area contributed by atoms with Crippen LogP contribution in [0.15, 0.2) is 48.5 Å². The van der Waals surface area contributed by atoms with Gasteiger partial charge in [-0.25, -0.2) is 8.42 Å². The number of aryl methyl sites for hydroxylation is 2. The van der Waals surface area contributed by atoms with E-state index in [2.05, 4.69) is 5.32 Å². The van der Waals surface area contributed by atoms with Crippen LogP contribution in [0.2, 0.25) is 0 Å². The summed E-state index contributed by atoms with van der Waals surface area (Å²) in [6.07, 6.45) is 1.84. The zero-order valence-electron chi connectivity index (χ0n) is 20.3. The number of amides is 2. The van der Waals surface area contributed by atoms with Crippen LogP contribution in [-0.2, 0) is 26.2 Å². The van der Waals surface area contributed by atoms with Gasteiger partial charge in [-0.2, -0.15) is 0 Å². The molecule has 0 bridgehead atoms. The number of carbonyl (C=O) groups is 2. The monoisotopic (exact) mass is 473 g/mol. The molecule has 0 saturated carbocycles. The first-order valence-corrected chi connectivity index (χ1v) is 13.0. The van der Waals surface area contributed by atoms with Crippen molar-refractivity contribution >= 4 is 27.5 Å². The highest BCUT2D eigenvalue weighted by Gasteiger charge is 2.30. The number of anilines is 1. The summed E-state index contributed by atoms with van der Waals surface area (Å²) in [5.74, 6) is -0.718. The lowest BCUT2D eigenvalue weighted by molar-refractivity contribution is -0.139. The molecule has 33 heavy (non-hydrogen) atoms. The van der Waals surface area contributed by atoms with Gasteiger partial charge in [-0.3, -0.25) is 13.9 Å². The van der Waals surface area contributed by atoms with Crippen molar-refractivity contribution < 1.29 is 18.0 Å². The first-order valence-electron chi connectivity index (χ1n) is 11.1. The summed E-state index contributed by atoms with van der Waals surface area (Å²) in [7, 11) is -3.73. The SMILES string of the molecule is CCC(C)NC(=O)C(C)N(Cc1cccc(C)c1)C(=O)CN(c1ccccc1C)S(C)(=O)=O. The van der Waals surface area contributed by atoms with Crippen LogP contribution in [0.4, 0.5) is 5.69 Å². The van der Waals surface area contributed by atoms with E-state index in [-0.39, 0.29) is 18.5 Å². The molecule has 0 saturated heterocycles. The predicted molar refractivity (Wildman–Crippen MR) is 132 cm³/mol. The first-order chi connectivity index (χ1) is 15.4. The highest BCUT2D eigenvalue weighted by Crippen LogP contribution is 2.23. The van der Waals surface area contributed by atoms with E-state index in [1.165, 1.54) is 4.90 Å². The fourth-order valence-electron chi connectivity index (χ4n) is 3.49. The largest absolute Gasteiger partial charge is 0.352 e. The normalized spacial score (nSPS) is 13.2. The number of rotatable bonds is 10. The molecule has 180 valence electrons. The lowest BCUT2D eigenvalue weighted by Gasteiger charge is -2.32. The first kappa shape index (κ1) is 26.4.